The van der Waals surface area contributed by atoms with Crippen LogP contribution in [0.5, 0.6) is 0 Å². The number of nitrogens with one attached hydrogen (secondary N) is 1. The van der Waals surface area contributed by atoms with Gasteiger partial charge in [0.1, 0.15) is 5.82 Å². The van der Waals surface area contributed by atoms with E-state index >= 15 is 0 Å². The van der Waals surface area contributed by atoms with Crippen LogP contribution >= 0.6 is 0 Å². The average Bonchev–Trinajstić information content (AvgIpc) is 2.53. The second-order valence-electron chi connectivity index (χ2n) is 4.59. The summed E-state index contributed by atoms with van der Waals surface area (Å²) < 4.78 is 0. The molecule has 0 saturated carbocycles. The molecule has 0 unspecified atom stereocenters. The van der Waals surface area contributed by atoms with Crippen molar-refractivity contribution < 1.29 is 9.90 Å². The monoisotopic (exact) mass is 279 g/mol. The Bertz CT molecular complexity index is 797. The minimum atomic E-state index is -1.09. The van der Waals surface area contributed by atoms with Crippen LogP contribution in [-0.2, 0) is 6.54 Å². The number of hydrogen-bond donors (Lipinski definition) is 2. The van der Waals surface area contributed by atoms with Crippen LogP contribution in [0, 0.1) is 0 Å². The third kappa shape index (κ3) is 2.81. The third-order valence-corrected chi connectivity index (χ3v) is 3.19. The van der Waals surface area contributed by atoms with Gasteiger partial charge in [0, 0.05) is 6.54 Å². The van der Waals surface area contributed by atoms with Crippen LogP contribution in [-0.4, -0.2) is 21.0 Å². The van der Waals surface area contributed by atoms with Crippen molar-refractivity contribution >= 4 is 22.6 Å². The predicted molar refractivity (Wildman–Crippen MR) is 80.3 cm³/mol. The van der Waals surface area contributed by atoms with Gasteiger partial charge in [0.2, 0.25) is 0 Å². The predicted octanol–water partition coefficient (Wildman–Crippen LogP) is 2.94. The van der Waals surface area contributed by atoms with E-state index in [4.69, 9.17) is 5.11 Å². The number of benzene rings is 2. The van der Waals surface area contributed by atoms with Gasteiger partial charge >= 0.3 is 5.97 Å². The summed E-state index contributed by atoms with van der Waals surface area (Å²) in [5, 5.41) is 14.3. The van der Waals surface area contributed by atoms with Crippen LogP contribution in [0.1, 0.15) is 16.1 Å². The molecule has 0 fully saturated rings. The molecule has 2 N–H and O–H groups in total. The standard InChI is InChI=1S/C16H13N3O2/c20-16(21)14-9-17-10-15(19-14)18-8-12-6-3-5-11-4-1-2-7-13(11)12/h1-7,9-10H,8H2,(H,18,19)(H,20,21). The molecule has 0 atom stereocenters. The lowest BCUT2D eigenvalue weighted by Gasteiger charge is -2.08. The van der Waals surface area contributed by atoms with Gasteiger partial charge in [0.15, 0.2) is 5.69 Å². The summed E-state index contributed by atoms with van der Waals surface area (Å²) in [5.74, 6) is -0.640. The first-order valence-electron chi connectivity index (χ1n) is 6.50. The van der Waals surface area contributed by atoms with Gasteiger partial charge in [0.05, 0.1) is 12.4 Å². The number of anilines is 1. The molecule has 104 valence electrons. The van der Waals surface area contributed by atoms with E-state index in [0.717, 1.165) is 10.9 Å². The van der Waals surface area contributed by atoms with Crippen LogP contribution in [0.25, 0.3) is 10.8 Å². The van der Waals surface area contributed by atoms with E-state index in [2.05, 4.69) is 33.5 Å². The number of carbonyl (C=O) groups is 1. The zero-order valence-electron chi connectivity index (χ0n) is 11.2. The maximum Gasteiger partial charge on any atom is 0.356 e. The minimum absolute atomic E-state index is 0.0714. The Labute approximate surface area is 121 Å². The zero-order valence-corrected chi connectivity index (χ0v) is 11.2. The van der Waals surface area contributed by atoms with Crippen molar-refractivity contribution in [3.05, 3.63) is 66.1 Å². The molecule has 5 nitrogen and oxygen atoms in total. The molecule has 0 aliphatic heterocycles. The van der Waals surface area contributed by atoms with Gasteiger partial charge in [-0.2, -0.15) is 0 Å². The molecule has 0 amide bonds. The van der Waals surface area contributed by atoms with Crippen molar-refractivity contribution in [2.45, 2.75) is 6.54 Å². The first-order valence-corrected chi connectivity index (χ1v) is 6.50. The van der Waals surface area contributed by atoms with Crippen molar-refractivity contribution in [1.82, 2.24) is 9.97 Å². The molecule has 1 aromatic heterocycles. The van der Waals surface area contributed by atoms with Gasteiger partial charge in [-0.15, -0.1) is 0 Å². The number of nitrogens with zero attached hydrogens (tertiary/aromatic N) is 2. The SMILES string of the molecule is O=C(O)c1cncc(NCc2cccc3ccccc23)n1. The van der Waals surface area contributed by atoms with Crippen LogP contribution in [0.3, 0.4) is 0 Å². The van der Waals surface area contributed by atoms with Crippen molar-refractivity contribution in [3.63, 3.8) is 0 Å². The van der Waals surface area contributed by atoms with Crippen LogP contribution in [0.2, 0.25) is 0 Å². The topological polar surface area (TPSA) is 75.1 Å². The number of rotatable bonds is 4. The fourth-order valence-electron chi connectivity index (χ4n) is 2.19. The molecule has 0 aliphatic rings. The van der Waals surface area contributed by atoms with Crippen molar-refractivity contribution in [1.29, 1.82) is 0 Å². The first kappa shape index (κ1) is 13.1. The molecular weight excluding hydrogens is 266 g/mol. The van der Waals surface area contributed by atoms with E-state index in [1.54, 1.807) is 0 Å². The molecule has 0 spiro atoms. The van der Waals surface area contributed by atoms with E-state index in [1.165, 1.54) is 17.8 Å². The second kappa shape index (κ2) is 5.58. The lowest BCUT2D eigenvalue weighted by atomic mass is 10.0. The van der Waals surface area contributed by atoms with Crippen molar-refractivity contribution in [3.8, 4) is 0 Å². The zero-order chi connectivity index (χ0) is 14.7. The summed E-state index contributed by atoms with van der Waals surface area (Å²) in [7, 11) is 0. The maximum atomic E-state index is 10.9. The third-order valence-electron chi connectivity index (χ3n) is 3.19. The Kier molecular flexibility index (Phi) is 3.47. The highest BCUT2D eigenvalue weighted by atomic mass is 16.4. The van der Waals surface area contributed by atoms with Crippen LogP contribution < -0.4 is 5.32 Å². The Morgan fingerprint density at radius 3 is 2.76 bits per heavy atom. The molecule has 3 aromatic rings. The van der Waals surface area contributed by atoms with E-state index in [-0.39, 0.29) is 5.69 Å². The van der Waals surface area contributed by atoms with Gasteiger partial charge < -0.3 is 10.4 Å². The Hall–Kier alpha value is -2.95. The van der Waals surface area contributed by atoms with E-state index in [1.807, 2.05) is 24.3 Å². The van der Waals surface area contributed by atoms with Crippen LogP contribution in [0.15, 0.2) is 54.9 Å². The molecule has 0 saturated heterocycles. The van der Waals surface area contributed by atoms with E-state index in [0.29, 0.717) is 12.4 Å². The highest BCUT2D eigenvalue weighted by molar-refractivity contribution is 5.86. The Morgan fingerprint density at radius 1 is 1.10 bits per heavy atom. The van der Waals surface area contributed by atoms with E-state index in [9.17, 15) is 4.79 Å². The average molecular weight is 279 g/mol. The summed E-state index contributed by atoms with van der Waals surface area (Å²) in [6.45, 7) is 0.555. The fraction of sp³-hybridized carbons (Fsp3) is 0.0625. The molecule has 0 radical (unpaired) electrons. The Balaban J connectivity index is 1.84. The summed E-state index contributed by atoms with van der Waals surface area (Å²) in [4.78, 5) is 18.7. The van der Waals surface area contributed by atoms with Gasteiger partial charge in [-0.25, -0.2) is 9.78 Å². The summed E-state index contributed by atoms with van der Waals surface area (Å²) in [6, 6.07) is 14.2. The molecule has 3 rings (SSSR count). The van der Waals surface area contributed by atoms with Gasteiger partial charge in [-0.3, -0.25) is 4.98 Å². The van der Waals surface area contributed by atoms with Gasteiger partial charge in [-0.1, -0.05) is 42.5 Å². The van der Waals surface area contributed by atoms with E-state index < -0.39 is 5.97 Å². The second-order valence-corrected chi connectivity index (χ2v) is 4.59. The smallest absolute Gasteiger partial charge is 0.356 e. The normalized spacial score (nSPS) is 10.5. The Morgan fingerprint density at radius 2 is 1.90 bits per heavy atom. The number of hydrogen-bond acceptors (Lipinski definition) is 4. The quantitative estimate of drug-likeness (QED) is 0.768. The minimum Gasteiger partial charge on any atom is -0.476 e. The summed E-state index contributed by atoms with van der Waals surface area (Å²) in [5.41, 5.74) is 1.05. The van der Waals surface area contributed by atoms with Gasteiger partial charge in [-0.05, 0) is 16.3 Å². The van der Waals surface area contributed by atoms with Crippen molar-refractivity contribution in [2.75, 3.05) is 5.32 Å². The van der Waals surface area contributed by atoms with Crippen molar-refractivity contribution in [2.24, 2.45) is 0 Å². The number of fused-ring (bicyclic) bond motifs is 1. The van der Waals surface area contributed by atoms with Crippen LogP contribution in [0.4, 0.5) is 5.82 Å². The molecule has 21 heavy (non-hydrogen) atoms. The summed E-state index contributed by atoms with van der Waals surface area (Å²) in [6.07, 6.45) is 2.74. The summed E-state index contributed by atoms with van der Waals surface area (Å²) >= 11 is 0. The fourth-order valence-corrected chi connectivity index (χ4v) is 2.19. The lowest BCUT2D eigenvalue weighted by Crippen LogP contribution is -2.07. The maximum absolute atomic E-state index is 10.9. The first-order chi connectivity index (χ1) is 10.2. The highest BCUT2D eigenvalue weighted by Gasteiger charge is 2.06. The highest BCUT2D eigenvalue weighted by Crippen LogP contribution is 2.19. The molecule has 5 heteroatoms. The number of aromatic carboxylic acids is 1. The largest absolute Gasteiger partial charge is 0.476 e. The number of carboxylic acids is 1. The molecule has 1 heterocycles. The van der Waals surface area contributed by atoms with Gasteiger partial charge in [0.25, 0.3) is 0 Å². The molecule has 0 bridgehead atoms. The lowest BCUT2D eigenvalue weighted by molar-refractivity contribution is 0.0690. The molecule has 0 aliphatic carbocycles. The number of carboxylic acid groups (broad SMARTS) is 1. The molecular formula is C16H13N3O2. The number of aromatic nitrogens is 2. The molecule has 2 aromatic carbocycles.